The van der Waals surface area contributed by atoms with E-state index < -0.39 is 5.41 Å². The lowest BCUT2D eigenvalue weighted by Crippen LogP contribution is -2.26. The van der Waals surface area contributed by atoms with Crippen LogP contribution in [0.1, 0.15) is 32.0 Å². The zero-order valence-electron chi connectivity index (χ0n) is 18.0. The molecule has 0 saturated heterocycles. The first-order valence-corrected chi connectivity index (χ1v) is 9.68. The average Bonchev–Trinajstić information content (AvgIpc) is 3.02. The Kier molecular flexibility index (Phi) is 5.82. The van der Waals surface area contributed by atoms with E-state index >= 15 is 0 Å². The molecule has 2 heterocycles. The lowest BCUT2D eigenvalue weighted by atomic mass is 9.91. The summed E-state index contributed by atoms with van der Waals surface area (Å²) in [5.41, 5.74) is 2.36. The van der Waals surface area contributed by atoms with Gasteiger partial charge in [0.25, 0.3) is 0 Å². The number of anilines is 1. The number of aryl methyl sites for hydroxylation is 1. The van der Waals surface area contributed by atoms with Gasteiger partial charge in [0, 0.05) is 25.2 Å². The van der Waals surface area contributed by atoms with Crippen LogP contribution in [0.25, 0.3) is 5.65 Å². The third-order valence-corrected chi connectivity index (χ3v) is 4.89. The highest BCUT2D eigenvalue weighted by Gasteiger charge is 2.22. The highest BCUT2D eigenvalue weighted by Crippen LogP contribution is 2.28. The van der Waals surface area contributed by atoms with Crippen molar-refractivity contribution < 1.29 is 14.3 Å². The third-order valence-electron chi connectivity index (χ3n) is 4.89. The van der Waals surface area contributed by atoms with Gasteiger partial charge in [-0.3, -0.25) is 9.20 Å². The fraction of sp³-hybridized carbons (Fsp3) is 0.391. The lowest BCUT2D eigenvalue weighted by molar-refractivity contribution is -0.128. The number of benzene rings is 1. The van der Waals surface area contributed by atoms with Crippen LogP contribution in [-0.4, -0.2) is 35.9 Å². The van der Waals surface area contributed by atoms with Gasteiger partial charge >= 0.3 is 0 Å². The van der Waals surface area contributed by atoms with Crippen LogP contribution in [0.15, 0.2) is 42.6 Å². The topological polar surface area (TPSA) is 56.1 Å². The van der Waals surface area contributed by atoms with Gasteiger partial charge in [-0.15, -0.1) is 0 Å². The number of rotatable bonds is 7. The van der Waals surface area contributed by atoms with Crippen molar-refractivity contribution in [3.63, 3.8) is 0 Å². The summed E-state index contributed by atoms with van der Waals surface area (Å²) in [4.78, 5) is 19.1. The number of nitrogens with zero attached hydrogens (tertiary/aromatic N) is 3. The minimum Gasteiger partial charge on any atom is -0.497 e. The molecule has 0 unspecified atom stereocenters. The molecule has 6 nitrogen and oxygen atoms in total. The van der Waals surface area contributed by atoms with E-state index in [0.717, 1.165) is 23.8 Å². The van der Waals surface area contributed by atoms with E-state index in [1.54, 1.807) is 7.11 Å². The highest BCUT2D eigenvalue weighted by atomic mass is 16.5. The smallest absolute Gasteiger partial charge is 0.181 e. The lowest BCUT2D eigenvalue weighted by Gasteiger charge is -2.20. The molecule has 29 heavy (non-hydrogen) atoms. The van der Waals surface area contributed by atoms with E-state index in [2.05, 4.69) is 17.0 Å². The number of hydrogen-bond acceptors (Lipinski definition) is 5. The number of imidazole rings is 1. The second kappa shape index (κ2) is 8.15. The molecule has 0 fully saturated rings. The van der Waals surface area contributed by atoms with Crippen molar-refractivity contribution in [3.8, 4) is 11.5 Å². The zero-order chi connectivity index (χ0) is 21.2. The summed E-state index contributed by atoms with van der Waals surface area (Å²) in [6.07, 6.45) is 1.97. The van der Waals surface area contributed by atoms with Gasteiger partial charge in [0.1, 0.15) is 18.2 Å². The third kappa shape index (κ3) is 4.53. The Balaban J connectivity index is 1.85. The Labute approximate surface area is 172 Å². The van der Waals surface area contributed by atoms with E-state index in [1.807, 2.05) is 69.6 Å². The second-order valence-corrected chi connectivity index (χ2v) is 8.25. The summed E-state index contributed by atoms with van der Waals surface area (Å²) < 4.78 is 13.1. The molecular weight excluding hydrogens is 366 g/mol. The SMILES string of the molecule is COc1ccc(CN(C)c2c(C)nc3c(OCC(=O)C(C)(C)C)cccn23)cc1. The normalized spacial score (nSPS) is 11.5. The van der Waals surface area contributed by atoms with E-state index in [9.17, 15) is 4.79 Å². The average molecular weight is 396 g/mol. The van der Waals surface area contributed by atoms with Crippen LogP contribution >= 0.6 is 0 Å². The van der Waals surface area contributed by atoms with Crippen molar-refractivity contribution in [3.05, 3.63) is 53.9 Å². The summed E-state index contributed by atoms with van der Waals surface area (Å²) >= 11 is 0. The number of pyridine rings is 1. The molecule has 0 bridgehead atoms. The van der Waals surface area contributed by atoms with Crippen molar-refractivity contribution in [2.24, 2.45) is 5.41 Å². The zero-order valence-corrected chi connectivity index (χ0v) is 18.0. The van der Waals surface area contributed by atoms with Crippen molar-refractivity contribution >= 4 is 17.2 Å². The number of methoxy groups -OCH3 is 1. The maximum atomic E-state index is 12.2. The fourth-order valence-corrected chi connectivity index (χ4v) is 3.16. The second-order valence-electron chi connectivity index (χ2n) is 8.25. The first kappa shape index (κ1) is 20.7. The monoisotopic (exact) mass is 395 g/mol. The molecule has 0 aliphatic carbocycles. The maximum Gasteiger partial charge on any atom is 0.181 e. The Morgan fingerprint density at radius 2 is 1.86 bits per heavy atom. The molecule has 154 valence electrons. The standard InChI is InChI=1S/C23H29N3O3/c1-16-22(25(5)14-17-9-11-18(28-6)12-10-17)26-13-7-8-19(21(26)24-16)29-15-20(27)23(2,3)4/h7-13H,14-15H2,1-6H3. The van der Waals surface area contributed by atoms with Crippen LogP contribution in [-0.2, 0) is 11.3 Å². The molecule has 0 saturated carbocycles. The van der Waals surface area contributed by atoms with Crippen LogP contribution in [0.5, 0.6) is 11.5 Å². The molecule has 0 radical (unpaired) electrons. The number of carbonyl (C=O) groups is 1. The molecule has 3 aromatic rings. The quantitative estimate of drug-likeness (QED) is 0.598. The first-order chi connectivity index (χ1) is 13.7. The maximum absolute atomic E-state index is 12.2. The molecule has 0 spiro atoms. The molecule has 0 atom stereocenters. The van der Waals surface area contributed by atoms with Crippen LogP contribution in [0.4, 0.5) is 5.82 Å². The molecule has 3 rings (SSSR count). The molecular formula is C23H29N3O3. The van der Waals surface area contributed by atoms with Gasteiger partial charge in [0.05, 0.1) is 12.8 Å². The molecule has 0 N–H and O–H groups in total. The van der Waals surface area contributed by atoms with Gasteiger partial charge < -0.3 is 14.4 Å². The minimum absolute atomic E-state index is 0.0338. The Hall–Kier alpha value is -3.02. The van der Waals surface area contributed by atoms with Gasteiger partial charge in [0.2, 0.25) is 0 Å². The molecule has 6 heteroatoms. The molecule has 0 aliphatic heterocycles. The van der Waals surface area contributed by atoms with E-state index in [4.69, 9.17) is 14.5 Å². The summed E-state index contributed by atoms with van der Waals surface area (Å²) in [6, 6.07) is 11.8. The number of Topliss-reactive ketones (excluding diaryl/α,β-unsaturated/α-hetero) is 1. The number of carbonyl (C=O) groups excluding carboxylic acids is 1. The van der Waals surface area contributed by atoms with Gasteiger partial charge in [-0.05, 0) is 36.8 Å². The van der Waals surface area contributed by atoms with Crippen LogP contribution < -0.4 is 14.4 Å². The summed E-state index contributed by atoms with van der Waals surface area (Å²) in [6.45, 7) is 8.43. The Bertz CT molecular complexity index is 1000. The molecule has 2 aromatic heterocycles. The Morgan fingerprint density at radius 1 is 1.17 bits per heavy atom. The highest BCUT2D eigenvalue weighted by molar-refractivity contribution is 5.85. The van der Waals surface area contributed by atoms with Gasteiger partial charge in [-0.25, -0.2) is 4.98 Å². The van der Waals surface area contributed by atoms with Crippen LogP contribution in [0, 0.1) is 12.3 Å². The Morgan fingerprint density at radius 3 is 2.48 bits per heavy atom. The van der Waals surface area contributed by atoms with Crippen molar-refractivity contribution in [1.29, 1.82) is 0 Å². The fourth-order valence-electron chi connectivity index (χ4n) is 3.16. The van der Waals surface area contributed by atoms with Gasteiger partial charge in [-0.2, -0.15) is 0 Å². The number of aromatic nitrogens is 2. The minimum atomic E-state index is -0.430. The predicted molar refractivity (Wildman–Crippen MR) is 115 cm³/mol. The summed E-state index contributed by atoms with van der Waals surface area (Å²) in [5.74, 6) is 2.49. The van der Waals surface area contributed by atoms with Crippen molar-refractivity contribution in [1.82, 2.24) is 9.38 Å². The van der Waals surface area contributed by atoms with Crippen molar-refractivity contribution in [2.75, 3.05) is 25.7 Å². The van der Waals surface area contributed by atoms with E-state index in [0.29, 0.717) is 11.4 Å². The number of ether oxygens (including phenoxy) is 2. The van der Waals surface area contributed by atoms with Crippen molar-refractivity contribution in [2.45, 2.75) is 34.2 Å². The van der Waals surface area contributed by atoms with Gasteiger partial charge in [-0.1, -0.05) is 32.9 Å². The molecule has 0 aliphatic rings. The number of ketones is 1. The number of fused-ring (bicyclic) bond motifs is 1. The molecule has 1 aromatic carbocycles. The molecule has 0 amide bonds. The number of hydrogen-bond donors (Lipinski definition) is 0. The van der Waals surface area contributed by atoms with Crippen LogP contribution in [0.2, 0.25) is 0 Å². The summed E-state index contributed by atoms with van der Waals surface area (Å²) in [5, 5.41) is 0. The van der Waals surface area contributed by atoms with E-state index in [-0.39, 0.29) is 12.4 Å². The predicted octanol–water partition coefficient (Wildman–Crippen LogP) is 4.28. The summed E-state index contributed by atoms with van der Waals surface area (Å²) in [7, 11) is 3.70. The van der Waals surface area contributed by atoms with Gasteiger partial charge in [0.15, 0.2) is 17.2 Å². The van der Waals surface area contributed by atoms with Crippen LogP contribution in [0.3, 0.4) is 0 Å². The largest absolute Gasteiger partial charge is 0.497 e. The first-order valence-electron chi connectivity index (χ1n) is 9.68. The van der Waals surface area contributed by atoms with E-state index in [1.165, 1.54) is 5.56 Å².